The smallest absolute Gasteiger partial charge is 0.118 e. The van der Waals surface area contributed by atoms with Gasteiger partial charge in [-0.05, 0) is 88.6 Å². The molecule has 35 heavy (non-hydrogen) atoms. The maximum Gasteiger partial charge on any atom is 0.118 e. The van der Waals surface area contributed by atoms with Gasteiger partial charge in [-0.1, -0.05) is 71.0 Å². The molecule has 3 rings (SSSR count). The highest BCUT2D eigenvalue weighted by atomic mass is 16.5. The second-order valence-electron chi connectivity index (χ2n) is 10.1. The number of ether oxygens (including phenoxy) is 3. The van der Waals surface area contributed by atoms with Crippen LogP contribution in [0, 0.1) is 17.8 Å². The summed E-state index contributed by atoms with van der Waals surface area (Å²) < 4.78 is 16.3. The fourth-order valence-corrected chi connectivity index (χ4v) is 5.78. The molecular weight excluding hydrogens is 432 g/mol. The first-order valence-corrected chi connectivity index (χ1v) is 12.7. The summed E-state index contributed by atoms with van der Waals surface area (Å²) in [5, 5.41) is 0. The predicted molar refractivity (Wildman–Crippen MR) is 146 cm³/mol. The van der Waals surface area contributed by atoms with Crippen molar-refractivity contribution in [3.05, 3.63) is 89.5 Å². The second kappa shape index (κ2) is 12.2. The van der Waals surface area contributed by atoms with Crippen molar-refractivity contribution in [3.8, 4) is 17.2 Å². The highest BCUT2D eigenvalue weighted by Crippen LogP contribution is 2.47. The fraction of sp³-hybridized carbons (Fsp3) is 0.438. The largest absolute Gasteiger partial charge is 0.497 e. The van der Waals surface area contributed by atoms with E-state index in [9.17, 15) is 0 Å². The SMILES string of the molecule is COc1ccc([C@@H]([C@@H](C)[C@@H](C)c2ccc(OC)cc2)[C@H](C)[C@@H](c2ccc(OC)cc2)C(C)C)cc1. The third-order valence-corrected chi connectivity index (χ3v) is 7.85. The summed E-state index contributed by atoms with van der Waals surface area (Å²) in [5.74, 6) is 5.21. The van der Waals surface area contributed by atoms with E-state index < -0.39 is 0 Å². The molecule has 3 heteroatoms. The number of rotatable bonds is 11. The lowest BCUT2D eigenvalue weighted by molar-refractivity contribution is 0.242. The lowest BCUT2D eigenvalue weighted by Crippen LogP contribution is -2.28. The van der Waals surface area contributed by atoms with Gasteiger partial charge < -0.3 is 14.2 Å². The maximum absolute atomic E-state index is 5.46. The maximum atomic E-state index is 5.46. The third kappa shape index (κ3) is 6.20. The van der Waals surface area contributed by atoms with E-state index >= 15 is 0 Å². The zero-order chi connectivity index (χ0) is 25.5. The lowest BCUT2D eigenvalue weighted by Gasteiger charge is -2.40. The van der Waals surface area contributed by atoms with Gasteiger partial charge in [0.1, 0.15) is 17.2 Å². The van der Waals surface area contributed by atoms with Crippen molar-refractivity contribution in [3.63, 3.8) is 0 Å². The molecule has 0 heterocycles. The second-order valence-corrected chi connectivity index (χ2v) is 10.1. The first-order valence-electron chi connectivity index (χ1n) is 12.7. The molecule has 0 aromatic heterocycles. The summed E-state index contributed by atoms with van der Waals surface area (Å²) in [7, 11) is 5.16. The zero-order valence-electron chi connectivity index (χ0n) is 22.6. The van der Waals surface area contributed by atoms with Crippen molar-refractivity contribution >= 4 is 0 Å². The molecular formula is C32H42O3. The molecule has 0 bridgehead atoms. The van der Waals surface area contributed by atoms with Gasteiger partial charge in [0.25, 0.3) is 0 Å². The Morgan fingerprint density at radius 3 is 1.11 bits per heavy atom. The van der Waals surface area contributed by atoms with Crippen LogP contribution in [0.25, 0.3) is 0 Å². The summed E-state index contributed by atoms with van der Waals surface area (Å²) in [4.78, 5) is 0. The first kappa shape index (κ1) is 26.7. The highest BCUT2D eigenvalue weighted by Gasteiger charge is 2.35. The van der Waals surface area contributed by atoms with E-state index in [0.717, 1.165) is 17.2 Å². The van der Waals surface area contributed by atoms with E-state index in [1.54, 1.807) is 21.3 Å². The summed E-state index contributed by atoms with van der Waals surface area (Å²) in [6.45, 7) is 11.9. The van der Waals surface area contributed by atoms with Gasteiger partial charge in [-0.15, -0.1) is 0 Å². The number of hydrogen-bond acceptors (Lipinski definition) is 3. The van der Waals surface area contributed by atoms with Gasteiger partial charge in [-0.3, -0.25) is 0 Å². The summed E-state index contributed by atoms with van der Waals surface area (Å²) in [6, 6.07) is 25.9. The quantitative estimate of drug-likeness (QED) is 0.280. The van der Waals surface area contributed by atoms with E-state index in [4.69, 9.17) is 14.2 Å². The number of benzene rings is 3. The molecule has 5 atom stereocenters. The third-order valence-electron chi connectivity index (χ3n) is 7.85. The topological polar surface area (TPSA) is 27.7 Å². The molecule has 0 aliphatic rings. The fourth-order valence-electron chi connectivity index (χ4n) is 5.78. The van der Waals surface area contributed by atoms with E-state index in [1.165, 1.54) is 16.7 Å². The minimum Gasteiger partial charge on any atom is -0.497 e. The van der Waals surface area contributed by atoms with E-state index in [0.29, 0.717) is 35.5 Å². The molecule has 0 unspecified atom stereocenters. The molecule has 3 nitrogen and oxygen atoms in total. The van der Waals surface area contributed by atoms with E-state index in [2.05, 4.69) is 107 Å². The van der Waals surface area contributed by atoms with Gasteiger partial charge in [0.2, 0.25) is 0 Å². The molecule has 0 saturated carbocycles. The monoisotopic (exact) mass is 474 g/mol. The molecule has 0 spiro atoms. The predicted octanol–water partition coefficient (Wildman–Crippen LogP) is 8.31. The van der Waals surface area contributed by atoms with Crippen LogP contribution in [0.3, 0.4) is 0 Å². The van der Waals surface area contributed by atoms with Crippen LogP contribution in [0.15, 0.2) is 72.8 Å². The Hall–Kier alpha value is -2.94. The average molecular weight is 475 g/mol. The molecule has 0 N–H and O–H groups in total. The van der Waals surface area contributed by atoms with Gasteiger partial charge >= 0.3 is 0 Å². The summed E-state index contributed by atoms with van der Waals surface area (Å²) >= 11 is 0. The minimum atomic E-state index is 0.368. The Morgan fingerprint density at radius 2 is 0.771 bits per heavy atom. The minimum absolute atomic E-state index is 0.368. The molecule has 3 aromatic rings. The van der Waals surface area contributed by atoms with Crippen LogP contribution in [-0.2, 0) is 0 Å². The Morgan fingerprint density at radius 1 is 0.429 bits per heavy atom. The van der Waals surface area contributed by atoms with Crippen molar-refractivity contribution in [1.82, 2.24) is 0 Å². The Labute approximate surface area is 212 Å². The molecule has 0 saturated heterocycles. The van der Waals surface area contributed by atoms with Crippen LogP contribution in [0.1, 0.15) is 69.1 Å². The van der Waals surface area contributed by atoms with Crippen LogP contribution in [0.5, 0.6) is 17.2 Å². The number of methoxy groups -OCH3 is 3. The van der Waals surface area contributed by atoms with Crippen molar-refractivity contribution in [2.45, 2.75) is 52.4 Å². The Bertz CT molecular complexity index is 1020. The van der Waals surface area contributed by atoms with E-state index in [1.807, 2.05) is 0 Å². The van der Waals surface area contributed by atoms with Crippen molar-refractivity contribution in [2.24, 2.45) is 17.8 Å². The van der Waals surface area contributed by atoms with Crippen molar-refractivity contribution < 1.29 is 14.2 Å². The van der Waals surface area contributed by atoms with Gasteiger partial charge in [0.05, 0.1) is 21.3 Å². The van der Waals surface area contributed by atoms with Gasteiger partial charge in [-0.2, -0.15) is 0 Å². The molecule has 0 amide bonds. The Balaban J connectivity index is 2.02. The number of hydrogen-bond donors (Lipinski definition) is 0. The van der Waals surface area contributed by atoms with Gasteiger partial charge in [0.15, 0.2) is 0 Å². The van der Waals surface area contributed by atoms with Crippen LogP contribution in [0.4, 0.5) is 0 Å². The summed E-state index contributed by atoms with van der Waals surface area (Å²) in [6.07, 6.45) is 0. The van der Waals surface area contributed by atoms with Crippen LogP contribution in [-0.4, -0.2) is 21.3 Å². The van der Waals surface area contributed by atoms with Crippen molar-refractivity contribution in [1.29, 1.82) is 0 Å². The molecule has 0 radical (unpaired) electrons. The standard InChI is InChI=1S/C32H42O3/c1-21(2)31(26-11-17-29(34-7)18-12-26)24(5)32(27-13-19-30(35-8)20-14-27)23(4)22(3)25-9-15-28(33-6)16-10-25/h9-24,31-32H,1-8H3/t22-,23+,24-,31+,32+/m1/s1. The van der Waals surface area contributed by atoms with Crippen molar-refractivity contribution in [2.75, 3.05) is 21.3 Å². The highest BCUT2D eigenvalue weighted by molar-refractivity contribution is 5.35. The van der Waals surface area contributed by atoms with Crippen LogP contribution >= 0.6 is 0 Å². The normalized spacial score (nSPS) is 15.7. The zero-order valence-corrected chi connectivity index (χ0v) is 22.6. The van der Waals surface area contributed by atoms with E-state index in [-0.39, 0.29) is 0 Å². The average Bonchev–Trinajstić information content (AvgIpc) is 2.89. The van der Waals surface area contributed by atoms with Gasteiger partial charge in [-0.25, -0.2) is 0 Å². The Kier molecular flexibility index (Phi) is 9.26. The van der Waals surface area contributed by atoms with Crippen LogP contribution in [0.2, 0.25) is 0 Å². The molecule has 0 aliphatic heterocycles. The molecule has 3 aromatic carbocycles. The first-order chi connectivity index (χ1) is 16.8. The lowest BCUT2D eigenvalue weighted by atomic mass is 9.65. The van der Waals surface area contributed by atoms with Crippen LogP contribution < -0.4 is 14.2 Å². The molecule has 0 aliphatic carbocycles. The molecule has 0 fully saturated rings. The van der Waals surface area contributed by atoms with Gasteiger partial charge in [0, 0.05) is 0 Å². The molecule has 188 valence electrons. The summed E-state index contributed by atoms with van der Waals surface area (Å²) in [5.41, 5.74) is 4.08.